The highest BCUT2D eigenvalue weighted by Crippen LogP contribution is 2.13. The molecule has 0 saturated heterocycles. The summed E-state index contributed by atoms with van der Waals surface area (Å²) in [6, 6.07) is 15.5. The molecule has 4 nitrogen and oxygen atoms in total. The summed E-state index contributed by atoms with van der Waals surface area (Å²) in [5, 5.41) is 9.51. The smallest absolute Gasteiger partial charge is 0.306 e. The van der Waals surface area contributed by atoms with Crippen molar-refractivity contribution in [3.05, 3.63) is 70.2 Å². The Morgan fingerprint density at radius 1 is 1.04 bits per heavy atom. The number of ether oxygens (including phenoxy) is 1. The summed E-state index contributed by atoms with van der Waals surface area (Å²) in [4.78, 5) is 23.7. The Kier molecular flexibility index (Phi) is 5.90. The van der Waals surface area contributed by atoms with Crippen LogP contribution in [0.2, 0.25) is 5.02 Å². The summed E-state index contributed by atoms with van der Waals surface area (Å²) in [6.45, 7) is 0.0255. The van der Waals surface area contributed by atoms with Crippen molar-refractivity contribution < 1.29 is 14.3 Å². The predicted molar refractivity (Wildman–Crippen MR) is 86.0 cm³/mol. The number of hydrogen-bond donors (Lipinski definition) is 0. The Morgan fingerprint density at radius 2 is 1.74 bits per heavy atom. The summed E-state index contributed by atoms with van der Waals surface area (Å²) in [5.41, 5.74) is 1.63. The molecule has 0 aliphatic rings. The number of nitriles is 1. The number of Topliss-reactive ketones (excluding diaryl/α,β-unsaturated/α-hetero) is 1. The fourth-order valence-corrected chi connectivity index (χ4v) is 2.11. The van der Waals surface area contributed by atoms with Crippen LogP contribution in [0.15, 0.2) is 48.5 Å². The van der Waals surface area contributed by atoms with Gasteiger partial charge in [0, 0.05) is 22.6 Å². The Bertz CT molecular complexity index is 748. The van der Waals surface area contributed by atoms with Gasteiger partial charge in [-0.3, -0.25) is 9.59 Å². The second-order valence-electron chi connectivity index (χ2n) is 4.86. The zero-order valence-corrected chi connectivity index (χ0v) is 13.0. The normalized spacial score (nSPS) is 9.91. The van der Waals surface area contributed by atoms with Crippen LogP contribution in [0, 0.1) is 11.3 Å². The van der Waals surface area contributed by atoms with Crippen LogP contribution in [0.25, 0.3) is 0 Å². The minimum Gasteiger partial charge on any atom is -0.461 e. The molecule has 0 spiro atoms. The number of benzene rings is 2. The van der Waals surface area contributed by atoms with Crippen molar-refractivity contribution in [3.63, 3.8) is 0 Å². The molecule has 0 bridgehead atoms. The van der Waals surface area contributed by atoms with Crippen molar-refractivity contribution in [3.8, 4) is 6.07 Å². The average molecular weight is 328 g/mol. The molecule has 0 amide bonds. The van der Waals surface area contributed by atoms with Gasteiger partial charge in [-0.25, -0.2) is 0 Å². The van der Waals surface area contributed by atoms with E-state index >= 15 is 0 Å². The maximum Gasteiger partial charge on any atom is 0.306 e. The molecule has 0 saturated carbocycles. The first-order chi connectivity index (χ1) is 11.1. The van der Waals surface area contributed by atoms with Gasteiger partial charge >= 0.3 is 5.97 Å². The number of esters is 1. The molecule has 2 aromatic carbocycles. The van der Waals surface area contributed by atoms with Crippen molar-refractivity contribution in [1.82, 2.24) is 0 Å². The second-order valence-corrected chi connectivity index (χ2v) is 5.30. The quantitative estimate of drug-likeness (QED) is 0.595. The zero-order chi connectivity index (χ0) is 16.7. The molecular formula is C18H14ClNO3. The molecule has 5 heteroatoms. The molecule has 23 heavy (non-hydrogen) atoms. The largest absolute Gasteiger partial charge is 0.461 e. The molecule has 2 rings (SSSR count). The highest BCUT2D eigenvalue weighted by molar-refractivity contribution is 6.30. The molecule has 0 N–H and O–H groups in total. The Morgan fingerprint density at radius 3 is 2.43 bits per heavy atom. The van der Waals surface area contributed by atoms with E-state index in [0.29, 0.717) is 21.7 Å². The van der Waals surface area contributed by atoms with E-state index in [1.54, 1.807) is 48.5 Å². The van der Waals surface area contributed by atoms with Gasteiger partial charge < -0.3 is 4.74 Å². The Labute approximate surface area is 139 Å². The van der Waals surface area contributed by atoms with Crippen molar-refractivity contribution in [1.29, 1.82) is 5.26 Å². The first-order valence-electron chi connectivity index (χ1n) is 7.02. The topological polar surface area (TPSA) is 67.2 Å². The van der Waals surface area contributed by atoms with Crippen LogP contribution in [0.4, 0.5) is 0 Å². The molecular weight excluding hydrogens is 314 g/mol. The van der Waals surface area contributed by atoms with E-state index in [4.69, 9.17) is 21.6 Å². The minimum atomic E-state index is -0.472. The lowest BCUT2D eigenvalue weighted by Gasteiger charge is -2.06. The maximum atomic E-state index is 11.9. The molecule has 0 aliphatic heterocycles. The molecule has 0 aromatic heterocycles. The molecule has 2 aromatic rings. The van der Waals surface area contributed by atoms with Gasteiger partial charge in [0.2, 0.25) is 0 Å². The van der Waals surface area contributed by atoms with E-state index in [0.717, 1.165) is 0 Å². The number of carbonyl (C=O) groups excluding carboxylic acids is 2. The third kappa shape index (κ3) is 4.94. The standard InChI is InChI=1S/C18H14ClNO3/c19-16-7-5-13(6-8-16)17(21)9-10-18(22)23-12-15-4-2-1-3-14(15)11-20/h1-8H,9-10,12H2. The lowest BCUT2D eigenvalue weighted by atomic mass is 10.1. The van der Waals surface area contributed by atoms with Crippen LogP contribution >= 0.6 is 11.6 Å². The number of rotatable bonds is 6. The summed E-state index contributed by atoms with van der Waals surface area (Å²) >= 11 is 5.76. The summed E-state index contributed by atoms with van der Waals surface area (Å²) in [5.74, 6) is -0.615. The van der Waals surface area contributed by atoms with Gasteiger partial charge in [-0.05, 0) is 30.3 Å². The van der Waals surface area contributed by atoms with Gasteiger partial charge in [-0.15, -0.1) is 0 Å². The van der Waals surface area contributed by atoms with Crippen LogP contribution in [0.1, 0.15) is 34.3 Å². The van der Waals surface area contributed by atoms with E-state index < -0.39 is 5.97 Å². The molecule has 0 radical (unpaired) electrons. The summed E-state index contributed by atoms with van der Waals surface area (Å²) in [6.07, 6.45) is 0.0660. The first-order valence-corrected chi connectivity index (χ1v) is 7.40. The van der Waals surface area contributed by atoms with E-state index in [2.05, 4.69) is 0 Å². The fraction of sp³-hybridized carbons (Fsp3) is 0.167. The molecule has 116 valence electrons. The van der Waals surface area contributed by atoms with E-state index in [1.165, 1.54) is 0 Å². The maximum absolute atomic E-state index is 11.9. The van der Waals surface area contributed by atoms with Gasteiger partial charge in [-0.2, -0.15) is 5.26 Å². The van der Waals surface area contributed by atoms with Gasteiger partial charge in [0.25, 0.3) is 0 Å². The third-order valence-electron chi connectivity index (χ3n) is 3.25. The van der Waals surface area contributed by atoms with Crippen LogP contribution in [-0.4, -0.2) is 11.8 Å². The lowest BCUT2D eigenvalue weighted by Crippen LogP contribution is -2.08. The highest BCUT2D eigenvalue weighted by atomic mass is 35.5. The highest BCUT2D eigenvalue weighted by Gasteiger charge is 2.11. The summed E-state index contributed by atoms with van der Waals surface area (Å²) < 4.78 is 5.11. The fourth-order valence-electron chi connectivity index (χ4n) is 1.98. The Balaban J connectivity index is 1.82. The van der Waals surface area contributed by atoms with Crippen molar-refractivity contribution >= 4 is 23.4 Å². The van der Waals surface area contributed by atoms with E-state index in [9.17, 15) is 9.59 Å². The average Bonchev–Trinajstić information content (AvgIpc) is 2.58. The number of carbonyl (C=O) groups is 2. The van der Waals surface area contributed by atoms with Crippen LogP contribution in [0.3, 0.4) is 0 Å². The van der Waals surface area contributed by atoms with Crippen molar-refractivity contribution in [2.24, 2.45) is 0 Å². The van der Waals surface area contributed by atoms with Gasteiger partial charge in [0.15, 0.2) is 5.78 Å². The molecule has 0 heterocycles. The number of halogens is 1. The third-order valence-corrected chi connectivity index (χ3v) is 3.50. The van der Waals surface area contributed by atoms with Crippen LogP contribution < -0.4 is 0 Å². The van der Waals surface area contributed by atoms with E-state index in [-0.39, 0.29) is 25.2 Å². The zero-order valence-electron chi connectivity index (χ0n) is 12.3. The molecule has 0 aliphatic carbocycles. The number of nitrogens with zero attached hydrogens (tertiary/aromatic N) is 1. The summed E-state index contributed by atoms with van der Waals surface area (Å²) in [7, 11) is 0. The monoisotopic (exact) mass is 327 g/mol. The van der Waals surface area contributed by atoms with Crippen LogP contribution in [-0.2, 0) is 16.1 Å². The number of ketones is 1. The number of hydrogen-bond acceptors (Lipinski definition) is 4. The SMILES string of the molecule is N#Cc1ccccc1COC(=O)CCC(=O)c1ccc(Cl)cc1. The van der Waals surface area contributed by atoms with E-state index in [1.807, 2.05) is 6.07 Å². The van der Waals surface area contributed by atoms with Crippen LogP contribution in [0.5, 0.6) is 0 Å². The molecule has 0 fully saturated rings. The van der Waals surface area contributed by atoms with Gasteiger partial charge in [0.1, 0.15) is 6.61 Å². The minimum absolute atomic E-state index is 0.00379. The lowest BCUT2D eigenvalue weighted by molar-refractivity contribution is -0.144. The van der Waals surface area contributed by atoms with Crippen molar-refractivity contribution in [2.75, 3.05) is 0 Å². The molecule has 0 atom stereocenters. The molecule has 0 unspecified atom stereocenters. The second kappa shape index (κ2) is 8.11. The predicted octanol–water partition coefficient (Wildman–Crippen LogP) is 3.92. The first kappa shape index (κ1) is 16.7. The van der Waals surface area contributed by atoms with Crippen molar-refractivity contribution in [2.45, 2.75) is 19.4 Å². The van der Waals surface area contributed by atoms with Gasteiger partial charge in [0.05, 0.1) is 18.1 Å². The van der Waals surface area contributed by atoms with Gasteiger partial charge in [-0.1, -0.05) is 29.8 Å². The Hall–Kier alpha value is -2.64.